The van der Waals surface area contributed by atoms with Crippen molar-refractivity contribution >= 4 is 0 Å². The molecule has 1 aromatic heterocycles. The smallest absolute Gasteiger partial charge is 0.0917 e. The van der Waals surface area contributed by atoms with E-state index in [2.05, 4.69) is 35.9 Å². The van der Waals surface area contributed by atoms with Crippen molar-refractivity contribution in [3.63, 3.8) is 0 Å². The molecule has 0 bridgehead atoms. The van der Waals surface area contributed by atoms with Crippen LogP contribution in [-0.2, 0) is 6.54 Å². The molecule has 1 atom stereocenters. The van der Waals surface area contributed by atoms with E-state index in [0.29, 0.717) is 6.54 Å². The van der Waals surface area contributed by atoms with Gasteiger partial charge in [0.05, 0.1) is 11.8 Å². The van der Waals surface area contributed by atoms with Gasteiger partial charge in [-0.1, -0.05) is 24.3 Å². The van der Waals surface area contributed by atoms with E-state index in [0.717, 1.165) is 17.8 Å². The quantitative estimate of drug-likeness (QED) is 0.907. The molecule has 0 spiro atoms. The van der Waals surface area contributed by atoms with Crippen molar-refractivity contribution in [3.05, 3.63) is 65.0 Å². The SMILES string of the molecule is Cc1ccc(C(O)CN(C)Cc2ccccn2)cc1C. The van der Waals surface area contributed by atoms with E-state index in [4.69, 9.17) is 0 Å². The molecule has 3 heteroatoms. The van der Waals surface area contributed by atoms with Crippen LogP contribution in [0.3, 0.4) is 0 Å². The Labute approximate surface area is 120 Å². The molecule has 1 heterocycles. The van der Waals surface area contributed by atoms with Crippen LogP contribution in [0.1, 0.15) is 28.5 Å². The number of rotatable bonds is 5. The lowest BCUT2D eigenvalue weighted by Gasteiger charge is -2.21. The maximum Gasteiger partial charge on any atom is 0.0917 e. The van der Waals surface area contributed by atoms with Crippen LogP contribution in [-0.4, -0.2) is 28.6 Å². The minimum atomic E-state index is -0.469. The molecular weight excluding hydrogens is 248 g/mol. The van der Waals surface area contributed by atoms with E-state index in [1.807, 2.05) is 31.3 Å². The molecule has 1 unspecified atom stereocenters. The fourth-order valence-corrected chi connectivity index (χ4v) is 2.21. The summed E-state index contributed by atoms with van der Waals surface area (Å²) in [6.07, 6.45) is 1.33. The van der Waals surface area contributed by atoms with Gasteiger partial charge in [-0.05, 0) is 49.7 Å². The van der Waals surface area contributed by atoms with Crippen LogP contribution in [0.4, 0.5) is 0 Å². The van der Waals surface area contributed by atoms with Crippen molar-refractivity contribution < 1.29 is 5.11 Å². The molecule has 2 aromatic rings. The van der Waals surface area contributed by atoms with Gasteiger partial charge in [0.15, 0.2) is 0 Å². The first-order valence-corrected chi connectivity index (χ1v) is 6.90. The highest BCUT2D eigenvalue weighted by Gasteiger charge is 2.12. The Bertz CT molecular complexity index is 554. The summed E-state index contributed by atoms with van der Waals surface area (Å²) >= 11 is 0. The number of aryl methyl sites for hydroxylation is 2. The summed E-state index contributed by atoms with van der Waals surface area (Å²) in [7, 11) is 2.00. The minimum Gasteiger partial charge on any atom is -0.387 e. The summed E-state index contributed by atoms with van der Waals surface area (Å²) in [5.41, 5.74) is 4.46. The number of hydrogen-bond acceptors (Lipinski definition) is 3. The molecule has 0 radical (unpaired) electrons. The van der Waals surface area contributed by atoms with E-state index in [1.165, 1.54) is 11.1 Å². The van der Waals surface area contributed by atoms with Crippen molar-refractivity contribution in [2.24, 2.45) is 0 Å². The summed E-state index contributed by atoms with van der Waals surface area (Å²) in [6, 6.07) is 12.0. The third-order valence-electron chi connectivity index (χ3n) is 3.56. The Morgan fingerprint density at radius 2 is 1.95 bits per heavy atom. The average molecular weight is 270 g/mol. The second-order valence-corrected chi connectivity index (χ2v) is 5.38. The van der Waals surface area contributed by atoms with Crippen molar-refractivity contribution in [2.45, 2.75) is 26.5 Å². The van der Waals surface area contributed by atoms with E-state index in [-0.39, 0.29) is 0 Å². The predicted octanol–water partition coefficient (Wildman–Crippen LogP) is 2.86. The second kappa shape index (κ2) is 6.64. The normalized spacial score (nSPS) is 12.7. The molecule has 0 aliphatic heterocycles. The Balaban J connectivity index is 1.96. The monoisotopic (exact) mass is 270 g/mol. The van der Waals surface area contributed by atoms with Gasteiger partial charge in [0.1, 0.15) is 0 Å². The van der Waals surface area contributed by atoms with E-state index in [9.17, 15) is 5.11 Å². The number of aromatic nitrogens is 1. The zero-order valence-corrected chi connectivity index (χ0v) is 12.4. The highest BCUT2D eigenvalue weighted by Crippen LogP contribution is 2.18. The minimum absolute atomic E-state index is 0.469. The average Bonchev–Trinajstić information content (AvgIpc) is 2.42. The molecular formula is C17H22N2O. The first kappa shape index (κ1) is 14.7. The molecule has 0 saturated heterocycles. The first-order valence-electron chi connectivity index (χ1n) is 6.90. The van der Waals surface area contributed by atoms with Gasteiger partial charge in [0, 0.05) is 19.3 Å². The molecule has 1 aromatic carbocycles. The van der Waals surface area contributed by atoms with Crippen LogP contribution in [0.5, 0.6) is 0 Å². The van der Waals surface area contributed by atoms with Gasteiger partial charge in [0.2, 0.25) is 0 Å². The molecule has 0 saturated carbocycles. The van der Waals surface area contributed by atoms with Crippen LogP contribution < -0.4 is 0 Å². The number of aliphatic hydroxyl groups excluding tert-OH is 1. The summed E-state index contributed by atoms with van der Waals surface area (Å²) in [5.74, 6) is 0. The van der Waals surface area contributed by atoms with Gasteiger partial charge < -0.3 is 5.11 Å². The molecule has 2 rings (SSSR count). The van der Waals surface area contributed by atoms with Gasteiger partial charge in [-0.2, -0.15) is 0 Å². The van der Waals surface area contributed by atoms with E-state index < -0.39 is 6.10 Å². The van der Waals surface area contributed by atoms with Crippen LogP contribution in [0.15, 0.2) is 42.6 Å². The number of hydrogen-bond donors (Lipinski definition) is 1. The van der Waals surface area contributed by atoms with E-state index in [1.54, 1.807) is 6.20 Å². The van der Waals surface area contributed by atoms with Crippen molar-refractivity contribution in [1.29, 1.82) is 0 Å². The largest absolute Gasteiger partial charge is 0.387 e. The third kappa shape index (κ3) is 3.89. The molecule has 0 aliphatic carbocycles. The van der Waals surface area contributed by atoms with E-state index >= 15 is 0 Å². The van der Waals surface area contributed by atoms with Crippen LogP contribution >= 0.6 is 0 Å². The van der Waals surface area contributed by atoms with Crippen LogP contribution in [0, 0.1) is 13.8 Å². The third-order valence-corrected chi connectivity index (χ3v) is 3.56. The summed E-state index contributed by atoms with van der Waals surface area (Å²) < 4.78 is 0. The first-order chi connectivity index (χ1) is 9.56. The number of nitrogens with zero attached hydrogens (tertiary/aromatic N) is 2. The fourth-order valence-electron chi connectivity index (χ4n) is 2.21. The molecule has 0 fully saturated rings. The summed E-state index contributed by atoms with van der Waals surface area (Å²) in [5, 5.41) is 10.3. The lowest BCUT2D eigenvalue weighted by molar-refractivity contribution is 0.123. The topological polar surface area (TPSA) is 36.4 Å². The molecule has 20 heavy (non-hydrogen) atoms. The number of benzene rings is 1. The summed E-state index contributed by atoms with van der Waals surface area (Å²) in [6.45, 7) is 5.49. The highest BCUT2D eigenvalue weighted by molar-refractivity contribution is 5.31. The van der Waals surface area contributed by atoms with Crippen molar-refractivity contribution in [2.75, 3.05) is 13.6 Å². The Morgan fingerprint density at radius 3 is 2.60 bits per heavy atom. The Hall–Kier alpha value is -1.71. The zero-order chi connectivity index (χ0) is 14.5. The number of likely N-dealkylation sites (N-methyl/N-ethyl adjacent to an activating group) is 1. The maximum absolute atomic E-state index is 10.3. The lowest BCUT2D eigenvalue weighted by atomic mass is 10.0. The molecule has 3 nitrogen and oxygen atoms in total. The Morgan fingerprint density at radius 1 is 1.15 bits per heavy atom. The maximum atomic E-state index is 10.3. The molecule has 0 amide bonds. The Kier molecular flexibility index (Phi) is 4.88. The van der Waals surface area contributed by atoms with Gasteiger partial charge in [-0.15, -0.1) is 0 Å². The fraction of sp³-hybridized carbons (Fsp3) is 0.353. The number of pyridine rings is 1. The van der Waals surface area contributed by atoms with Gasteiger partial charge in [-0.25, -0.2) is 0 Å². The second-order valence-electron chi connectivity index (χ2n) is 5.38. The zero-order valence-electron chi connectivity index (χ0n) is 12.4. The van der Waals surface area contributed by atoms with Crippen molar-refractivity contribution in [1.82, 2.24) is 9.88 Å². The van der Waals surface area contributed by atoms with Gasteiger partial charge in [0.25, 0.3) is 0 Å². The lowest BCUT2D eigenvalue weighted by Crippen LogP contribution is -2.24. The predicted molar refractivity (Wildman–Crippen MR) is 81.4 cm³/mol. The molecule has 106 valence electrons. The molecule has 1 N–H and O–H groups in total. The molecule has 0 aliphatic rings. The van der Waals surface area contributed by atoms with Gasteiger partial charge >= 0.3 is 0 Å². The van der Waals surface area contributed by atoms with Crippen LogP contribution in [0.2, 0.25) is 0 Å². The van der Waals surface area contributed by atoms with Gasteiger partial charge in [-0.3, -0.25) is 9.88 Å². The number of aliphatic hydroxyl groups is 1. The highest BCUT2D eigenvalue weighted by atomic mass is 16.3. The van der Waals surface area contributed by atoms with Crippen LogP contribution in [0.25, 0.3) is 0 Å². The van der Waals surface area contributed by atoms with Crippen molar-refractivity contribution in [3.8, 4) is 0 Å². The summed E-state index contributed by atoms with van der Waals surface area (Å²) in [4.78, 5) is 6.39. The standard InChI is InChI=1S/C17H22N2O/c1-13-7-8-15(10-14(13)2)17(20)12-19(3)11-16-6-4-5-9-18-16/h4-10,17,20H,11-12H2,1-3H3.